The average molecular weight is 288 g/mol. The molecule has 1 aromatic rings. The summed E-state index contributed by atoms with van der Waals surface area (Å²) in [6.07, 6.45) is 3.45. The van der Waals surface area contributed by atoms with Gasteiger partial charge in [-0.3, -0.25) is 9.59 Å². The van der Waals surface area contributed by atoms with E-state index in [1.165, 1.54) is 19.8 Å². The molecule has 114 valence electrons. The van der Waals surface area contributed by atoms with Crippen LogP contribution in [0.4, 0.5) is 5.69 Å². The largest absolute Gasteiger partial charge is 0.349 e. The van der Waals surface area contributed by atoms with E-state index in [-0.39, 0.29) is 17.9 Å². The van der Waals surface area contributed by atoms with E-state index in [0.717, 1.165) is 6.42 Å². The lowest BCUT2D eigenvalue weighted by atomic mass is 9.78. The molecule has 0 radical (unpaired) electrons. The predicted octanol–water partition coefficient (Wildman–Crippen LogP) is 3.20. The Balaban J connectivity index is 2.04. The topological polar surface area (TPSA) is 58.2 Å². The molecule has 2 rings (SSSR count). The van der Waals surface area contributed by atoms with Gasteiger partial charge in [-0.05, 0) is 36.5 Å². The number of carbonyl (C=O) groups is 2. The van der Waals surface area contributed by atoms with Crippen molar-refractivity contribution in [3.8, 4) is 0 Å². The van der Waals surface area contributed by atoms with E-state index in [9.17, 15) is 9.59 Å². The summed E-state index contributed by atoms with van der Waals surface area (Å²) in [6, 6.07) is 7.30. The molecule has 0 spiro atoms. The van der Waals surface area contributed by atoms with Crippen LogP contribution in [0, 0.1) is 11.8 Å². The van der Waals surface area contributed by atoms with Gasteiger partial charge in [0.25, 0.3) is 5.91 Å². The van der Waals surface area contributed by atoms with E-state index in [4.69, 9.17) is 0 Å². The molecule has 0 bridgehead atoms. The van der Waals surface area contributed by atoms with Crippen LogP contribution < -0.4 is 10.6 Å². The first-order chi connectivity index (χ1) is 9.97. The SMILES string of the molecule is CC(=O)Nc1cccc(C(=O)N[C@@H]2CCC[C@H](C)[C@@H]2C)c1. The lowest BCUT2D eigenvalue weighted by molar-refractivity contribution is -0.114. The molecule has 2 N–H and O–H groups in total. The highest BCUT2D eigenvalue weighted by atomic mass is 16.2. The van der Waals surface area contributed by atoms with Crippen LogP contribution >= 0.6 is 0 Å². The van der Waals surface area contributed by atoms with Gasteiger partial charge in [-0.25, -0.2) is 0 Å². The molecular weight excluding hydrogens is 264 g/mol. The lowest BCUT2D eigenvalue weighted by Gasteiger charge is -2.34. The van der Waals surface area contributed by atoms with Crippen molar-refractivity contribution >= 4 is 17.5 Å². The number of amides is 2. The van der Waals surface area contributed by atoms with E-state index in [1.807, 2.05) is 0 Å². The van der Waals surface area contributed by atoms with Crippen molar-refractivity contribution in [3.63, 3.8) is 0 Å². The maximum atomic E-state index is 12.4. The predicted molar refractivity (Wildman–Crippen MR) is 84.2 cm³/mol. The Morgan fingerprint density at radius 1 is 1.19 bits per heavy atom. The number of rotatable bonds is 3. The van der Waals surface area contributed by atoms with Crippen LogP contribution in [0.1, 0.15) is 50.4 Å². The van der Waals surface area contributed by atoms with Crippen molar-refractivity contribution in [1.82, 2.24) is 5.32 Å². The summed E-state index contributed by atoms with van der Waals surface area (Å²) in [5.41, 5.74) is 1.24. The van der Waals surface area contributed by atoms with Crippen LogP contribution in [0.15, 0.2) is 24.3 Å². The number of hydrogen-bond acceptors (Lipinski definition) is 2. The Morgan fingerprint density at radius 3 is 2.67 bits per heavy atom. The van der Waals surface area contributed by atoms with E-state index in [2.05, 4.69) is 24.5 Å². The number of benzene rings is 1. The van der Waals surface area contributed by atoms with Gasteiger partial charge in [0.2, 0.25) is 5.91 Å². The molecule has 0 aromatic heterocycles. The highest BCUT2D eigenvalue weighted by Gasteiger charge is 2.28. The summed E-state index contributed by atoms with van der Waals surface area (Å²) < 4.78 is 0. The third-order valence-corrected chi connectivity index (χ3v) is 4.47. The van der Waals surface area contributed by atoms with Crippen molar-refractivity contribution in [2.45, 2.75) is 46.1 Å². The Labute approximate surface area is 126 Å². The van der Waals surface area contributed by atoms with Crippen LogP contribution in [-0.2, 0) is 4.79 Å². The minimum Gasteiger partial charge on any atom is -0.349 e. The summed E-state index contributed by atoms with van der Waals surface area (Å²) >= 11 is 0. The molecule has 21 heavy (non-hydrogen) atoms. The van der Waals surface area contributed by atoms with Gasteiger partial charge in [0.15, 0.2) is 0 Å². The van der Waals surface area contributed by atoms with Gasteiger partial charge in [-0.1, -0.05) is 32.8 Å². The number of anilines is 1. The summed E-state index contributed by atoms with van der Waals surface area (Å²) in [5.74, 6) is 0.950. The first-order valence-electron chi connectivity index (χ1n) is 7.66. The second-order valence-corrected chi connectivity index (χ2v) is 6.11. The molecule has 0 unspecified atom stereocenters. The second kappa shape index (κ2) is 6.74. The fourth-order valence-corrected chi connectivity index (χ4v) is 2.98. The van der Waals surface area contributed by atoms with Crippen LogP contribution in [0.5, 0.6) is 0 Å². The van der Waals surface area contributed by atoms with Gasteiger partial charge in [-0.15, -0.1) is 0 Å². The fourth-order valence-electron chi connectivity index (χ4n) is 2.98. The Bertz CT molecular complexity index is 527. The highest BCUT2D eigenvalue weighted by Crippen LogP contribution is 2.29. The van der Waals surface area contributed by atoms with Crippen LogP contribution in [0.25, 0.3) is 0 Å². The second-order valence-electron chi connectivity index (χ2n) is 6.11. The minimum atomic E-state index is -0.137. The molecule has 0 heterocycles. The van der Waals surface area contributed by atoms with Crippen LogP contribution in [0.3, 0.4) is 0 Å². The fraction of sp³-hybridized carbons (Fsp3) is 0.529. The van der Waals surface area contributed by atoms with Crippen LogP contribution in [-0.4, -0.2) is 17.9 Å². The molecule has 1 aromatic carbocycles. The zero-order valence-corrected chi connectivity index (χ0v) is 13.0. The quantitative estimate of drug-likeness (QED) is 0.897. The minimum absolute atomic E-state index is 0.0619. The maximum absolute atomic E-state index is 12.4. The Kier molecular flexibility index (Phi) is 4.99. The van der Waals surface area contributed by atoms with E-state index in [1.54, 1.807) is 24.3 Å². The Hall–Kier alpha value is -1.84. The standard InChI is InChI=1S/C17H24N2O2/c1-11-6-4-9-16(12(11)2)19-17(21)14-7-5-8-15(10-14)18-13(3)20/h5,7-8,10-12,16H,4,6,9H2,1-3H3,(H,18,20)(H,19,21)/t11-,12-,16+/m0/s1. The van der Waals surface area contributed by atoms with Gasteiger partial charge < -0.3 is 10.6 Å². The van der Waals surface area contributed by atoms with E-state index in [0.29, 0.717) is 23.1 Å². The maximum Gasteiger partial charge on any atom is 0.251 e. The number of carbonyl (C=O) groups excluding carboxylic acids is 2. The normalized spacial score (nSPS) is 25.2. The Morgan fingerprint density at radius 2 is 1.95 bits per heavy atom. The van der Waals surface area contributed by atoms with Crippen molar-refractivity contribution in [1.29, 1.82) is 0 Å². The molecule has 2 amide bonds. The first-order valence-corrected chi connectivity index (χ1v) is 7.66. The molecule has 1 fully saturated rings. The van der Waals surface area contributed by atoms with Gasteiger partial charge in [-0.2, -0.15) is 0 Å². The molecular formula is C17H24N2O2. The highest BCUT2D eigenvalue weighted by molar-refractivity contribution is 5.96. The van der Waals surface area contributed by atoms with Gasteiger partial charge in [0, 0.05) is 24.2 Å². The van der Waals surface area contributed by atoms with Crippen molar-refractivity contribution < 1.29 is 9.59 Å². The van der Waals surface area contributed by atoms with Crippen molar-refractivity contribution in [2.75, 3.05) is 5.32 Å². The van der Waals surface area contributed by atoms with Crippen LogP contribution in [0.2, 0.25) is 0 Å². The summed E-state index contributed by atoms with van der Waals surface area (Å²) in [4.78, 5) is 23.5. The monoisotopic (exact) mass is 288 g/mol. The van der Waals surface area contributed by atoms with E-state index < -0.39 is 0 Å². The van der Waals surface area contributed by atoms with Gasteiger partial charge in [0.1, 0.15) is 0 Å². The van der Waals surface area contributed by atoms with E-state index >= 15 is 0 Å². The average Bonchev–Trinajstić information content (AvgIpc) is 2.43. The molecule has 0 saturated heterocycles. The molecule has 1 aliphatic rings. The number of nitrogens with one attached hydrogen (secondary N) is 2. The molecule has 0 aliphatic heterocycles. The molecule has 1 saturated carbocycles. The van der Waals surface area contributed by atoms with Crippen molar-refractivity contribution in [2.24, 2.45) is 11.8 Å². The molecule has 4 heteroatoms. The van der Waals surface area contributed by atoms with Gasteiger partial charge in [0.05, 0.1) is 0 Å². The van der Waals surface area contributed by atoms with Crippen molar-refractivity contribution in [3.05, 3.63) is 29.8 Å². The molecule has 3 atom stereocenters. The summed E-state index contributed by atoms with van der Waals surface area (Å²) in [7, 11) is 0. The molecule has 1 aliphatic carbocycles. The smallest absolute Gasteiger partial charge is 0.251 e. The zero-order chi connectivity index (χ0) is 15.4. The lowest BCUT2D eigenvalue weighted by Crippen LogP contribution is -2.43. The summed E-state index contributed by atoms with van der Waals surface area (Å²) in [5, 5.41) is 5.84. The third-order valence-electron chi connectivity index (χ3n) is 4.47. The molecule has 4 nitrogen and oxygen atoms in total. The first kappa shape index (κ1) is 15.5. The third kappa shape index (κ3) is 4.06. The van der Waals surface area contributed by atoms with Gasteiger partial charge >= 0.3 is 0 Å². The summed E-state index contributed by atoms with van der Waals surface area (Å²) in [6.45, 7) is 5.92. The zero-order valence-electron chi connectivity index (χ0n) is 13.0. The number of hydrogen-bond donors (Lipinski definition) is 2.